The molecule has 0 aromatic rings. The van der Waals surface area contributed by atoms with Crippen molar-refractivity contribution in [3.05, 3.63) is 0 Å². The molecule has 0 aromatic heterocycles. The van der Waals surface area contributed by atoms with Crippen LogP contribution in [0, 0.1) is 16.7 Å². The fraction of sp³-hybridized carbons (Fsp3) is 1.00. The van der Waals surface area contributed by atoms with Crippen LogP contribution in [0.25, 0.3) is 0 Å². The van der Waals surface area contributed by atoms with Crippen molar-refractivity contribution in [2.75, 3.05) is 26.3 Å². The SMILES string of the molecule is CCNCC1(CCOCC)CCC(C(C)(C)C)CC1. The Morgan fingerprint density at radius 3 is 2.26 bits per heavy atom. The summed E-state index contributed by atoms with van der Waals surface area (Å²) in [4.78, 5) is 0. The van der Waals surface area contributed by atoms with Crippen molar-refractivity contribution in [1.82, 2.24) is 5.32 Å². The van der Waals surface area contributed by atoms with E-state index in [2.05, 4.69) is 39.9 Å². The van der Waals surface area contributed by atoms with E-state index in [1.165, 1.54) is 38.6 Å². The second kappa shape index (κ2) is 7.64. The van der Waals surface area contributed by atoms with Crippen molar-refractivity contribution < 1.29 is 4.74 Å². The molecule has 114 valence electrons. The van der Waals surface area contributed by atoms with Crippen LogP contribution >= 0.6 is 0 Å². The van der Waals surface area contributed by atoms with Crippen molar-refractivity contribution in [3.63, 3.8) is 0 Å². The smallest absolute Gasteiger partial charge is 0.0471 e. The third kappa shape index (κ3) is 5.43. The van der Waals surface area contributed by atoms with Crippen LogP contribution in [-0.4, -0.2) is 26.3 Å². The van der Waals surface area contributed by atoms with E-state index in [1.54, 1.807) is 0 Å². The summed E-state index contributed by atoms with van der Waals surface area (Å²) in [6.07, 6.45) is 6.75. The second-order valence-electron chi connectivity index (χ2n) is 7.37. The fourth-order valence-corrected chi connectivity index (χ4v) is 3.43. The van der Waals surface area contributed by atoms with Gasteiger partial charge in [0.2, 0.25) is 0 Å². The molecule has 0 unspecified atom stereocenters. The summed E-state index contributed by atoms with van der Waals surface area (Å²) < 4.78 is 5.61. The Kier molecular flexibility index (Phi) is 6.82. The van der Waals surface area contributed by atoms with Crippen molar-refractivity contribution in [2.24, 2.45) is 16.7 Å². The van der Waals surface area contributed by atoms with Gasteiger partial charge in [-0.05, 0) is 62.3 Å². The monoisotopic (exact) mass is 269 g/mol. The molecule has 0 saturated heterocycles. The van der Waals surface area contributed by atoms with Crippen LogP contribution in [0.5, 0.6) is 0 Å². The first-order valence-electron chi connectivity index (χ1n) is 8.22. The van der Waals surface area contributed by atoms with Gasteiger partial charge in [0.1, 0.15) is 0 Å². The molecule has 1 fully saturated rings. The zero-order valence-corrected chi connectivity index (χ0v) is 13.8. The summed E-state index contributed by atoms with van der Waals surface area (Å²) in [6, 6.07) is 0. The van der Waals surface area contributed by atoms with E-state index in [9.17, 15) is 0 Å². The molecule has 1 rings (SSSR count). The Bertz CT molecular complexity index is 236. The molecule has 0 atom stereocenters. The molecule has 19 heavy (non-hydrogen) atoms. The number of hydrogen-bond acceptors (Lipinski definition) is 2. The molecule has 1 N–H and O–H groups in total. The quantitative estimate of drug-likeness (QED) is 0.698. The molecule has 0 aromatic carbocycles. The van der Waals surface area contributed by atoms with Crippen molar-refractivity contribution in [2.45, 2.75) is 66.7 Å². The fourth-order valence-electron chi connectivity index (χ4n) is 3.43. The molecule has 2 nitrogen and oxygen atoms in total. The van der Waals surface area contributed by atoms with Crippen LogP contribution in [0.1, 0.15) is 66.7 Å². The molecule has 1 saturated carbocycles. The lowest BCUT2D eigenvalue weighted by atomic mass is 9.63. The van der Waals surface area contributed by atoms with E-state index in [0.29, 0.717) is 10.8 Å². The van der Waals surface area contributed by atoms with Gasteiger partial charge in [-0.3, -0.25) is 0 Å². The van der Waals surface area contributed by atoms with Crippen molar-refractivity contribution >= 4 is 0 Å². The van der Waals surface area contributed by atoms with E-state index >= 15 is 0 Å². The van der Waals surface area contributed by atoms with Gasteiger partial charge in [0.05, 0.1) is 0 Å². The number of hydrogen-bond donors (Lipinski definition) is 1. The molecule has 0 heterocycles. The number of rotatable bonds is 7. The summed E-state index contributed by atoms with van der Waals surface area (Å²) in [7, 11) is 0. The zero-order chi connectivity index (χ0) is 14.4. The second-order valence-corrected chi connectivity index (χ2v) is 7.37. The summed E-state index contributed by atoms with van der Waals surface area (Å²) in [6.45, 7) is 15.5. The van der Waals surface area contributed by atoms with Gasteiger partial charge in [-0.15, -0.1) is 0 Å². The van der Waals surface area contributed by atoms with Crippen LogP contribution in [0.15, 0.2) is 0 Å². The van der Waals surface area contributed by atoms with Crippen LogP contribution < -0.4 is 5.32 Å². The standard InChI is InChI=1S/C17H35NO/c1-6-18-14-17(12-13-19-7-2)10-8-15(9-11-17)16(3,4)5/h15,18H,6-14H2,1-5H3. The topological polar surface area (TPSA) is 21.3 Å². The van der Waals surface area contributed by atoms with Gasteiger partial charge in [0.25, 0.3) is 0 Å². The molecule has 1 aliphatic rings. The van der Waals surface area contributed by atoms with Crippen molar-refractivity contribution in [3.8, 4) is 0 Å². The Morgan fingerprint density at radius 1 is 1.16 bits per heavy atom. The Morgan fingerprint density at radius 2 is 1.79 bits per heavy atom. The molecule has 0 aliphatic heterocycles. The molecule has 0 spiro atoms. The highest BCUT2D eigenvalue weighted by Crippen LogP contribution is 2.46. The maximum absolute atomic E-state index is 5.61. The lowest BCUT2D eigenvalue weighted by Gasteiger charge is -2.44. The van der Waals surface area contributed by atoms with E-state index in [0.717, 1.165) is 25.7 Å². The third-order valence-electron chi connectivity index (χ3n) is 5.00. The maximum Gasteiger partial charge on any atom is 0.0471 e. The Labute approximate surface area is 120 Å². The summed E-state index contributed by atoms with van der Waals surface area (Å²) in [5.41, 5.74) is 0.969. The highest BCUT2D eigenvalue weighted by molar-refractivity contribution is 4.90. The number of nitrogens with one attached hydrogen (secondary N) is 1. The van der Waals surface area contributed by atoms with Gasteiger partial charge >= 0.3 is 0 Å². The highest BCUT2D eigenvalue weighted by Gasteiger charge is 2.38. The molecule has 0 amide bonds. The minimum atomic E-state index is 0.476. The summed E-state index contributed by atoms with van der Waals surface area (Å²) in [5.74, 6) is 0.898. The summed E-state index contributed by atoms with van der Waals surface area (Å²) in [5, 5.41) is 3.58. The van der Waals surface area contributed by atoms with E-state index < -0.39 is 0 Å². The predicted molar refractivity (Wildman–Crippen MR) is 83.5 cm³/mol. The molecule has 2 heteroatoms. The zero-order valence-electron chi connectivity index (χ0n) is 13.8. The maximum atomic E-state index is 5.61. The molecule has 0 bridgehead atoms. The van der Waals surface area contributed by atoms with Crippen LogP contribution in [-0.2, 0) is 4.74 Å². The minimum absolute atomic E-state index is 0.476. The van der Waals surface area contributed by atoms with E-state index in [1.807, 2.05) is 0 Å². The van der Waals surface area contributed by atoms with Crippen LogP contribution in [0.3, 0.4) is 0 Å². The van der Waals surface area contributed by atoms with E-state index in [-0.39, 0.29) is 0 Å². The first kappa shape index (κ1) is 17.0. The average molecular weight is 269 g/mol. The lowest BCUT2D eigenvalue weighted by Crippen LogP contribution is -2.40. The predicted octanol–water partition coefficient (Wildman–Crippen LogP) is 4.25. The van der Waals surface area contributed by atoms with Crippen LogP contribution in [0.4, 0.5) is 0 Å². The van der Waals surface area contributed by atoms with Crippen LogP contribution in [0.2, 0.25) is 0 Å². The third-order valence-corrected chi connectivity index (χ3v) is 5.00. The number of ether oxygens (including phenoxy) is 1. The average Bonchev–Trinajstić information content (AvgIpc) is 2.36. The molecular weight excluding hydrogens is 234 g/mol. The van der Waals surface area contributed by atoms with Gasteiger partial charge in [0.15, 0.2) is 0 Å². The highest BCUT2D eigenvalue weighted by atomic mass is 16.5. The first-order valence-corrected chi connectivity index (χ1v) is 8.22. The van der Waals surface area contributed by atoms with Gasteiger partial charge in [-0.2, -0.15) is 0 Å². The molecular formula is C17H35NO. The van der Waals surface area contributed by atoms with Gasteiger partial charge < -0.3 is 10.1 Å². The molecule has 0 radical (unpaired) electrons. The van der Waals surface area contributed by atoms with Crippen molar-refractivity contribution in [1.29, 1.82) is 0 Å². The Hall–Kier alpha value is -0.0800. The van der Waals surface area contributed by atoms with Gasteiger partial charge in [-0.25, -0.2) is 0 Å². The lowest BCUT2D eigenvalue weighted by molar-refractivity contribution is 0.0458. The first-order chi connectivity index (χ1) is 8.93. The summed E-state index contributed by atoms with van der Waals surface area (Å²) >= 11 is 0. The Balaban J connectivity index is 2.53. The molecule has 1 aliphatic carbocycles. The van der Waals surface area contributed by atoms with Gasteiger partial charge in [-0.1, -0.05) is 27.7 Å². The largest absolute Gasteiger partial charge is 0.382 e. The van der Waals surface area contributed by atoms with E-state index in [4.69, 9.17) is 4.74 Å². The normalized spacial score (nSPS) is 28.6. The minimum Gasteiger partial charge on any atom is -0.382 e. The van der Waals surface area contributed by atoms with Gasteiger partial charge in [0, 0.05) is 19.8 Å².